The second-order valence-corrected chi connectivity index (χ2v) is 5.12. The molecule has 0 bridgehead atoms. The molecule has 0 aromatic rings. The summed E-state index contributed by atoms with van der Waals surface area (Å²) >= 11 is 0. The van der Waals surface area contributed by atoms with Crippen LogP contribution in [-0.4, -0.2) is 52.3 Å². The lowest BCUT2D eigenvalue weighted by molar-refractivity contribution is -0.728. The Bertz CT molecular complexity index is 348. The van der Waals surface area contributed by atoms with Crippen LogP contribution in [0.2, 0.25) is 0 Å². The molecule has 9 heteroatoms. The molecule has 1 saturated heterocycles. The maximum atomic E-state index is 11.3. The fourth-order valence-corrected chi connectivity index (χ4v) is 1.16. The van der Waals surface area contributed by atoms with Crippen molar-refractivity contribution in [3.63, 3.8) is 0 Å². The van der Waals surface area contributed by atoms with E-state index in [2.05, 4.69) is 10.1 Å². The third-order valence-corrected chi connectivity index (χ3v) is 2.00. The van der Waals surface area contributed by atoms with Gasteiger partial charge in [-0.05, 0) is 20.8 Å². The van der Waals surface area contributed by atoms with E-state index >= 15 is 0 Å². The van der Waals surface area contributed by atoms with Crippen LogP contribution < -0.4 is 0 Å². The van der Waals surface area contributed by atoms with Crippen molar-refractivity contribution < 1.29 is 29.2 Å². The number of ether oxygens (including phenoxy) is 2. The number of nitrogens with zero attached hydrogens (tertiary/aromatic N) is 3. The van der Waals surface area contributed by atoms with Gasteiger partial charge in [0, 0.05) is 6.92 Å². The van der Waals surface area contributed by atoms with Crippen LogP contribution in [0, 0.1) is 5.21 Å². The highest BCUT2D eigenvalue weighted by Gasteiger charge is 2.31. The molecular weight excluding hydrogens is 258 g/mol. The summed E-state index contributed by atoms with van der Waals surface area (Å²) in [5.41, 5.74) is -0.674. The minimum atomic E-state index is -1.06. The first-order valence-corrected chi connectivity index (χ1v) is 5.84. The second kappa shape index (κ2) is 5.91. The second-order valence-electron chi connectivity index (χ2n) is 5.12. The molecule has 9 nitrogen and oxygen atoms in total. The van der Waals surface area contributed by atoms with Crippen LogP contribution in [0.4, 0.5) is 4.79 Å². The highest BCUT2D eigenvalue weighted by molar-refractivity contribution is 5.60. The Hall–Kier alpha value is -1.77. The van der Waals surface area contributed by atoms with Crippen LogP contribution in [-0.2, 0) is 14.3 Å². The number of hydrogen-bond donors (Lipinski definition) is 1. The molecule has 0 aromatic carbocycles. The van der Waals surface area contributed by atoms with Crippen molar-refractivity contribution in [3.05, 3.63) is 5.21 Å². The Kier molecular flexibility index (Phi) is 4.76. The van der Waals surface area contributed by atoms with E-state index < -0.39 is 24.2 Å². The first-order chi connectivity index (χ1) is 8.67. The zero-order valence-corrected chi connectivity index (χ0v) is 11.4. The van der Waals surface area contributed by atoms with Gasteiger partial charge in [0.15, 0.2) is 0 Å². The Labute approximate surface area is 110 Å². The first-order valence-electron chi connectivity index (χ1n) is 5.84. The Morgan fingerprint density at radius 3 is 2.58 bits per heavy atom. The summed E-state index contributed by atoms with van der Waals surface area (Å²) in [4.78, 5) is 16.1. The van der Waals surface area contributed by atoms with E-state index in [-0.39, 0.29) is 18.1 Å². The summed E-state index contributed by atoms with van der Waals surface area (Å²) in [6.07, 6.45) is -2.49. The fourth-order valence-electron chi connectivity index (χ4n) is 1.16. The number of hydrazine groups is 1. The number of aliphatic hydroxyl groups is 1. The SMILES string of the molecule is CC(O/N=[N+](/[O-])N1CC(O)C1)OC(=O)OC(C)(C)C. The average molecular weight is 277 g/mol. The molecule has 1 fully saturated rings. The van der Waals surface area contributed by atoms with Gasteiger partial charge in [0.2, 0.25) is 5.28 Å². The highest BCUT2D eigenvalue weighted by atomic mass is 16.8. The van der Waals surface area contributed by atoms with Crippen LogP contribution in [0.25, 0.3) is 0 Å². The molecule has 110 valence electrons. The molecule has 1 heterocycles. The van der Waals surface area contributed by atoms with Gasteiger partial charge in [-0.25, -0.2) is 4.79 Å². The minimum absolute atomic E-state index is 0.192. The Morgan fingerprint density at radius 2 is 2.11 bits per heavy atom. The topological polar surface area (TPSA) is 107 Å². The van der Waals surface area contributed by atoms with Gasteiger partial charge in [0.25, 0.3) is 6.29 Å². The van der Waals surface area contributed by atoms with Gasteiger partial charge in [-0.1, -0.05) is 0 Å². The molecule has 0 amide bonds. The maximum absolute atomic E-state index is 11.3. The molecule has 1 N–H and O–H groups in total. The molecule has 1 aliphatic heterocycles. The zero-order valence-electron chi connectivity index (χ0n) is 11.4. The van der Waals surface area contributed by atoms with Gasteiger partial charge in [0.1, 0.15) is 24.8 Å². The fraction of sp³-hybridized carbons (Fsp3) is 0.900. The van der Waals surface area contributed by atoms with Crippen LogP contribution >= 0.6 is 0 Å². The molecule has 1 aliphatic rings. The molecule has 1 unspecified atom stereocenters. The lowest BCUT2D eigenvalue weighted by Crippen LogP contribution is -2.53. The van der Waals surface area contributed by atoms with Crippen molar-refractivity contribution in [2.75, 3.05) is 13.1 Å². The van der Waals surface area contributed by atoms with Crippen molar-refractivity contribution >= 4 is 6.16 Å². The van der Waals surface area contributed by atoms with E-state index in [1.165, 1.54) is 11.9 Å². The van der Waals surface area contributed by atoms with Crippen LogP contribution in [0.1, 0.15) is 27.7 Å². The van der Waals surface area contributed by atoms with Crippen LogP contribution in [0.5, 0.6) is 0 Å². The van der Waals surface area contributed by atoms with Gasteiger partial charge >= 0.3 is 6.16 Å². The van der Waals surface area contributed by atoms with E-state index in [1.54, 1.807) is 20.8 Å². The molecule has 0 aromatic heterocycles. The molecule has 0 aliphatic carbocycles. The number of carbonyl (C=O) groups is 1. The lowest BCUT2D eigenvalue weighted by atomic mass is 10.2. The zero-order chi connectivity index (χ0) is 14.6. The van der Waals surface area contributed by atoms with E-state index in [1.807, 2.05) is 0 Å². The van der Waals surface area contributed by atoms with Crippen molar-refractivity contribution in [2.45, 2.75) is 45.7 Å². The molecular formula is C10H19N3O6. The highest BCUT2D eigenvalue weighted by Crippen LogP contribution is 2.10. The number of aliphatic hydroxyl groups excluding tert-OH is 1. The molecule has 1 rings (SSSR count). The van der Waals surface area contributed by atoms with E-state index in [9.17, 15) is 10.0 Å². The third-order valence-electron chi connectivity index (χ3n) is 2.00. The summed E-state index contributed by atoms with van der Waals surface area (Å²) in [6.45, 7) is 6.86. The van der Waals surface area contributed by atoms with E-state index in [0.29, 0.717) is 0 Å². The summed E-state index contributed by atoms with van der Waals surface area (Å²) in [5, 5.41) is 24.7. The number of carbonyl (C=O) groups excluding carboxylic acids is 1. The summed E-state index contributed by atoms with van der Waals surface area (Å²) in [7, 11) is 0. The van der Waals surface area contributed by atoms with Crippen molar-refractivity contribution in [1.29, 1.82) is 0 Å². The summed E-state index contributed by atoms with van der Waals surface area (Å²) in [5.74, 6) is 0. The van der Waals surface area contributed by atoms with Crippen molar-refractivity contribution in [1.82, 2.24) is 5.01 Å². The third kappa shape index (κ3) is 5.60. The van der Waals surface area contributed by atoms with Gasteiger partial charge in [-0.2, -0.15) is 0 Å². The van der Waals surface area contributed by atoms with Crippen LogP contribution in [0.3, 0.4) is 0 Å². The largest absolute Gasteiger partial charge is 0.569 e. The van der Waals surface area contributed by atoms with E-state index in [4.69, 9.17) is 14.6 Å². The summed E-state index contributed by atoms with van der Waals surface area (Å²) < 4.78 is 9.61. The molecule has 0 saturated carbocycles. The lowest BCUT2D eigenvalue weighted by Gasteiger charge is -2.30. The first kappa shape index (κ1) is 15.3. The quantitative estimate of drug-likeness (QED) is 0.266. The smallest absolute Gasteiger partial charge is 0.511 e. The normalized spacial score (nSPS) is 18.6. The summed E-state index contributed by atoms with van der Waals surface area (Å²) in [6, 6.07) is 0. The Balaban J connectivity index is 2.29. The van der Waals surface area contributed by atoms with Gasteiger partial charge in [-0.3, -0.25) is 4.84 Å². The molecule has 19 heavy (non-hydrogen) atoms. The van der Waals surface area contributed by atoms with Gasteiger partial charge < -0.3 is 19.8 Å². The minimum Gasteiger partial charge on any atom is -0.569 e. The molecule has 0 radical (unpaired) electrons. The Morgan fingerprint density at radius 1 is 1.53 bits per heavy atom. The van der Waals surface area contributed by atoms with E-state index in [0.717, 1.165) is 0 Å². The predicted octanol–water partition coefficient (Wildman–Crippen LogP) is 0.770. The number of hydrogen-bond acceptors (Lipinski definition) is 7. The monoisotopic (exact) mass is 277 g/mol. The molecule has 0 spiro atoms. The molecule has 1 atom stereocenters. The van der Waals surface area contributed by atoms with Gasteiger partial charge in [0.05, 0.1) is 4.97 Å². The van der Waals surface area contributed by atoms with Crippen LogP contribution in [0.15, 0.2) is 5.28 Å². The maximum Gasteiger partial charge on any atom is 0.511 e. The van der Waals surface area contributed by atoms with Crippen molar-refractivity contribution in [2.24, 2.45) is 5.28 Å². The number of β-amino-alcohol motifs (C(OH)–C–C–N with tert-alkyl or cyclic N) is 1. The standard InChI is InChI=1S/C10H19N3O6/c1-7(17-9(15)18-10(2,3)4)19-11-13(16)12-5-8(14)6-12/h7-8,14H,5-6H2,1-4H3/b13-11+. The van der Waals surface area contributed by atoms with Crippen molar-refractivity contribution in [3.8, 4) is 0 Å². The van der Waals surface area contributed by atoms with Gasteiger partial charge in [-0.15, -0.1) is 5.01 Å². The predicted molar refractivity (Wildman–Crippen MR) is 61.5 cm³/mol. The number of rotatable bonds is 4. The average Bonchev–Trinajstić information content (AvgIpc) is 2.18.